The molecule has 0 unspecified atom stereocenters. The maximum Gasteiger partial charge on any atom is 0.416 e. The third-order valence-corrected chi connectivity index (χ3v) is 7.69. The van der Waals surface area contributed by atoms with Gasteiger partial charge in [-0.2, -0.15) is 26.3 Å². The molecule has 2 aliphatic heterocycles. The number of nitrogens with zero attached hydrogens (tertiary/aromatic N) is 1. The van der Waals surface area contributed by atoms with Gasteiger partial charge in [-0.05, 0) is 59.7 Å². The van der Waals surface area contributed by atoms with Gasteiger partial charge in [0.15, 0.2) is 0 Å². The van der Waals surface area contributed by atoms with E-state index in [1.54, 1.807) is 0 Å². The fraction of sp³-hybridized carbons (Fsp3) is 0.250. The number of anilines is 1. The normalized spacial score (nSPS) is 22.1. The lowest BCUT2D eigenvalue weighted by atomic mass is 9.71. The molecule has 1 N–H and O–H groups in total. The van der Waals surface area contributed by atoms with Crippen LogP contribution >= 0.6 is 11.6 Å². The van der Waals surface area contributed by atoms with Gasteiger partial charge in [-0.1, -0.05) is 35.9 Å². The molecule has 0 aromatic heterocycles. The lowest BCUT2D eigenvalue weighted by molar-refractivity contribution is -0.145. The first-order valence-electron chi connectivity index (χ1n) is 12.0. The highest BCUT2D eigenvalue weighted by molar-refractivity contribution is 6.31. The SMILES string of the molecule is COC(=O)[C@@H]1NC(c2ccc(C(F)(F)F)cc2)(c2ccc(C(F)(F)F)cc2)[C@@H]2C(=O)N(c3ccc(Cl)cc3)C(=O)[C@H]21. The molecule has 2 fully saturated rings. The number of carbonyl (C=O) groups is 3. The number of benzene rings is 3. The number of imide groups is 1. The summed E-state index contributed by atoms with van der Waals surface area (Å²) in [5.41, 5.74) is -3.77. The van der Waals surface area contributed by atoms with Gasteiger partial charge in [-0.3, -0.25) is 19.7 Å². The Labute approximate surface area is 233 Å². The van der Waals surface area contributed by atoms with Gasteiger partial charge in [-0.15, -0.1) is 0 Å². The molecule has 5 rings (SSSR count). The van der Waals surface area contributed by atoms with Crippen molar-refractivity contribution in [1.29, 1.82) is 0 Å². The molecule has 3 aromatic rings. The summed E-state index contributed by atoms with van der Waals surface area (Å²) in [6, 6.07) is 11.4. The van der Waals surface area contributed by atoms with Crippen molar-refractivity contribution in [3.05, 3.63) is 100 Å². The van der Waals surface area contributed by atoms with Crippen LogP contribution in [0.5, 0.6) is 0 Å². The predicted molar refractivity (Wildman–Crippen MR) is 134 cm³/mol. The van der Waals surface area contributed by atoms with Crippen molar-refractivity contribution in [2.24, 2.45) is 11.8 Å². The standard InChI is InChI=1S/C28H19ClF6N2O4/c1-41-25(40)22-20-21(24(39)37(23(20)38)19-12-10-18(29)11-13-19)26(36-22,14-2-6-16(7-3-14)27(30,31)32)15-4-8-17(9-5-15)28(33,34)35/h2-13,20-22,36H,1H3/t20-,21+,22-/m1/s1. The molecule has 13 heteroatoms. The number of nitrogens with one attached hydrogen (secondary N) is 1. The number of carbonyl (C=O) groups excluding carboxylic acids is 3. The average molecular weight is 597 g/mol. The average Bonchev–Trinajstić information content (AvgIpc) is 3.42. The molecule has 0 radical (unpaired) electrons. The molecule has 2 amide bonds. The minimum atomic E-state index is -4.70. The van der Waals surface area contributed by atoms with E-state index in [4.69, 9.17) is 16.3 Å². The third kappa shape index (κ3) is 4.64. The molecular weight excluding hydrogens is 578 g/mol. The van der Waals surface area contributed by atoms with E-state index < -0.39 is 64.7 Å². The van der Waals surface area contributed by atoms with Crippen LogP contribution in [0.25, 0.3) is 0 Å². The Morgan fingerprint density at radius 3 is 1.68 bits per heavy atom. The molecule has 2 heterocycles. The molecule has 0 aliphatic carbocycles. The Hall–Kier alpha value is -3.90. The zero-order chi connectivity index (χ0) is 29.9. The highest BCUT2D eigenvalue weighted by atomic mass is 35.5. The summed E-state index contributed by atoms with van der Waals surface area (Å²) in [4.78, 5) is 41.6. The van der Waals surface area contributed by atoms with Gasteiger partial charge in [0.2, 0.25) is 11.8 Å². The Bertz CT molecular complexity index is 1450. The van der Waals surface area contributed by atoms with E-state index in [2.05, 4.69) is 5.32 Å². The van der Waals surface area contributed by atoms with E-state index in [1.165, 1.54) is 24.3 Å². The van der Waals surface area contributed by atoms with E-state index >= 15 is 0 Å². The van der Waals surface area contributed by atoms with Crippen LogP contribution in [-0.4, -0.2) is 30.9 Å². The summed E-state index contributed by atoms with van der Waals surface area (Å²) < 4.78 is 85.2. The van der Waals surface area contributed by atoms with Crippen LogP contribution in [0.15, 0.2) is 72.8 Å². The number of esters is 1. The van der Waals surface area contributed by atoms with Gasteiger partial charge in [0.1, 0.15) is 6.04 Å². The number of halogens is 7. The molecule has 2 saturated heterocycles. The van der Waals surface area contributed by atoms with Gasteiger partial charge < -0.3 is 4.74 Å². The molecule has 214 valence electrons. The number of fused-ring (bicyclic) bond motifs is 1. The Morgan fingerprint density at radius 1 is 0.805 bits per heavy atom. The highest BCUT2D eigenvalue weighted by Crippen LogP contribution is 2.53. The summed E-state index contributed by atoms with van der Waals surface area (Å²) >= 11 is 5.95. The van der Waals surface area contributed by atoms with E-state index in [0.29, 0.717) is 5.02 Å². The second-order valence-corrected chi connectivity index (χ2v) is 10.0. The molecule has 0 spiro atoms. The van der Waals surface area contributed by atoms with Crippen molar-refractivity contribution >= 4 is 35.1 Å². The topological polar surface area (TPSA) is 75.7 Å². The number of methoxy groups -OCH3 is 1. The van der Waals surface area contributed by atoms with Crippen LogP contribution < -0.4 is 10.2 Å². The molecule has 6 nitrogen and oxygen atoms in total. The van der Waals surface area contributed by atoms with Gasteiger partial charge in [0.05, 0.1) is 41.3 Å². The van der Waals surface area contributed by atoms with Crippen molar-refractivity contribution in [1.82, 2.24) is 5.32 Å². The lowest BCUT2D eigenvalue weighted by Crippen LogP contribution is -2.52. The molecule has 3 atom stereocenters. The number of hydrogen-bond donors (Lipinski definition) is 1. The minimum absolute atomic E-state index is 0.0192. The molecule has 0 bridgehead atoms. The monoisotopic (exact) mass is 596 g/mol. The van der Waals surface area contributed by atoms with E-state index in [9.17, 15) is 40.7 Å². The first kappa shape index (κ1) is 28.6. The van der Waals surface area contributed by atoms with Crippen LogP contribution in [0.2, 0.25) is 5.02 Å². The second-order valence-electron chi connectivity index (χ2n) is 9.60. The van der Waals surface area contributed by atoms with Crippen molar-refractivity contribution in [3.8, 4) is 0 Å². The number of alkyl halides is 6. The third-order valence-electron chi connectivity index (χ3n) is 7.43. The number of rotatable bonds is 4. The Kier molecular flexibility index (Phi) is 6.90. The quantitative estimate of drug-likeness (QED) is 0.242. The lowest BCUT2D eigenvalue weighted by Gasteiger charge is -2.36. The van der Waals surface area contributed by atoms with Gasteiger partial charge in [-0.25, -0.2) is 4.90 Å². The van der Waals surface area contributed by atoms with Crippen molar-refractivity contribution in [2.75, 3.05) is 12.0 Å². The van der Waals surface area contributed by atoms with Crippen LogP contribution in [0.1, 0.15) is 22.3 Å². The van der Waals surface area contributed by atoms with Crippen molar-refractivity contribution in [3.63, 3.8) is 0 Å². The maximum absolute atomic E-state index is 14.1. The summed E-state index contributed by atoms with van der Waals surface area (Å²) in [6.45, 7) is 0. The van der Waals surface area contributed by atoms with Gasteiger partial charge >= 0.3 is 18.3 Å². The summed E-state index contributed by atoms with van der Waals surface area (Å²) in [5.74, 6) is -5.43. The van der Waals surface area contributed by atoms with Crippen LogP contribution in [-0.2, 0) is 37.0 Å². The maximum atomic E-state index is 14.1. The molecule has 3 aromatic carbocycles. The number of hydrogen-bond acceptors (Lipinski definition) is 5. The van der Waals surface area contributed by atoms with Crippen LogP contribution in [0.3, 0.4) is 0 Å². The zero-order valence-corrected chi connectivity index (χ0v) is 21.6. The molecule has 2 aliphatic rings. The Morgan fingerprint density at radius 2 is 1.27 bits per heavy atom. The molecular formula is C28H19ClF6N2O4. The second kappa shape index (κ2) is 9.88. The van der Waals surface area contributed by atoms with Crippen LogP contribution in [0, 0.1) is 11.8 Å². The molecule has 41 heavy (non-hydrogen) atoms. The molecule has 0 saturated carbocycles. The van der Waals surface area contributed by atoms with Crippen molar-refractivity contribution < 1.29 is 45.5 Å². The zero-order valence-electron chi connectivity index (χ0n) is 20.9. The number of amides is 2. The van der Waals surface area contributed by atoms with E-state index in [0.717, 1.165) is 60.5 Å². The van der Waals surface area contributed by atoms with E-state index in [-0.39, 0.29) is 16.8 Å². The van der Waals surface area contributed by atoms with E-state index in [1.807, 2.05) is 0 Å². The summed E-state index contributed by atoms with van der Waals surface area (Å²) in [5, 5.41) is 3.23. The van der Waals surface area contributed by atoms with Gasteiger partial charge in [0.25, 0.3) is 0 Å². The van der Waals surface area contributed by atoms with Gasteiger partial charge in [0, 0.05) is 5.02 Å². The Balaban J connectivity index is 1.75. The first-order valence-corrected chi connectivity index (χ1v) is 12.4. The largest absolute Gasteiger partial charge is 0.468 e. The summed E-state index contributed by atoms with van der Waals surface area (Å²) in [7, 11) is 1.05. The van der Waals surface area contributed by atoms with Crippen molar-refractivity contribution in [2.45, 2.75) is 23.9 Å². The predicted octanol–water partition coefficient (Wildman–Crippen LogP) is 5.57. The number of ether oxygens (including phenoxy) is 1. The fourth-order valence-electron chi connectivity index (χ4n) is 5.62. The minimum Gasteiger partial charge on any atom is -0.468 e. The highest BCUT2D eigenvalue weighted by Gasteiger charge is 2.68. The fourth-order valence-corrected chi connectivity index (χ4v) is 5.75. The summed E-state index contributed by atoms with van der Waals surface area (Å²) in [6.07, 6.45) is -9.41. The first-order chi connectivity index (χ1) is 19.2. The van der Waals surface area contributed by atoms with Crippen LogP contribution in [0.4, 0.5) is 32.0 Å². The smallest absolute Gasteiger partial charge is 0.416 e.